The highest BCUT2D eigenvalue weighted by Gasteiger charge is 2.53. The SMILES string of the molecule is CCCCCCCCCCCCCCCCCCCCCCCCCCCC/C=C/C(O)C(COC1OC(CO)C(OC2OC(CO)C(OC3OC(CO)C(O)C(O)C3O)C(O)C2O)C(O)C1O)NC(=O)CCCCCCC. The number of ether oxygens (including phenoxy) is 6. The van der Waals surface area contributed by atoms with Crippen LogP contribution in [0.15, 0.2) is 12.2 Å². The number of carbonyl (C=O) groups excluding carboxylic acids is 1. The summed E-state index contributed by atoms with van der Waals surface area (Å²) in [5, 5.41) is 120. The molecule has 0 aromatic rings. The fourth-order valence-corrected chi connectivity index (χ4v) is 10.7. The molecule has 19 heteroatoms. The van der Waals surface area contributed by atoms with Crippen molar-refractivity contribution in [3.05, 3.63) is 12.2 Å². The summed E-state index contributed by atoms with van der Waals surface area (Å²) in [6.45, 7) is 1.63. The summed E-state index contributed by atoms with van der Waals surface area (Å²) < 4.78 is 34.1. The van der Waals surface area contributed by atoms with Gasteiger partial charge >= 0.3 is 0 Å². The standard InChI is InChI=1S/C59H111NO18/c1-3-5-7-9-10-11-12-13-14-15-16-17-18-19-20-21-22-23-24-25-26-27-28-29-30-31-33-34-36-43(64)42(60-47(65)37-35-32-8-6-4-2)41-73-57-53(71)50(68)55(45(39-62)75-57)78-59-54(72)51(69)56(46(40-63)76-59)77-58-52(70)49(67)48(66)44(38-61)74-58/h34,36,42-46,48-59,61-64,66-72H,3-33,35,37-41H2,1-2H3,(H,60,65)/b36-34+. The van der Waals surface area contributed by atoms with E-state index >= 15 is 0 Å². The molecule has 0 aliphatic carbocycles. The molecule has 460 valence electrons. The number of hydrogen-bond acceptors (Lipinski definition) is 18. The van der Waals surface area contributed by atoms with Crippen LogP contribution in [0, 0.1) is 0 Å². The summed E-state index contributed by atoms with van der Waals surface area (Å²) >= 11 is 0. The number of unbranched alkanes of at least 4 members (excludes halogenated alkanes) is 30. The van der Waals surface area contributed by atoms with Crippen molar-refractivity contribution < 1.29 is 89.4 Å². The van der Waals surface area contributed by atoms with Gasteiger partial charge in [-0.25, -0.2) is 0 Å². The van der Waals surface area contributed by atoms with Gasteiger partial charge in [0.2, 0.25) is 5.91 Å². The third-order valence-electron chi connectivity index (χ3n) is 15.8. The summed E-state index contributed by atoms with van der Waals surface area (Å²) in [4.78, 5) is 13.1. The summed E-state index contributed by atoms with van der Waals surface area (Å²) in [5.41, 5.74) is 0. The Morgan fingerprint density at radius 2 is 0.795 bits per heavy atom. The van der Waals surface area contributed by atoms with Gasteiger partial charge in [-0.05, 0) is 19.3 Å². The molecule has 3 aliphatic heterocycles. The van der Waals surface area contributed by atoms with Crippen LogP contribution in [-0.4, -0.2) is 193 Å². The molecule has 3 saturated heterocycles. The third-order valence-corrected chi connectivity index (χ3v) is 15.8. The van der Waals surface area contributed by atoms with Crippen molar-refractivity contribution in [1.29, 1.82) is 0 Å². The first-order valence-electron chi connectivity index (χ1n) is 30.9. The first kappa shape index (κ1) is 70.8. The van der Waals surface area contributed by atoms with E-state index in [1.807, 2.05) is 6.08 Å². The molecule has 1 amide bonds. The minimum absolute atomic E-state index is 0.241. The maximum Gasteiger partial charge on any atom is 0.220 e. The Morgan fingerprint density at radius 3 is 1.21 bits per heavy atom. The van der Waals surface area contributed by atoms with Gasteiger partial charge in [0, 0.05) is 6.42 Å². The van der Waals surface area contributed by atoms with Crippen LogP contribution in [0.25, 0.3) is 0 Å². The van der Waals surface area contributed by atoms with Crippen molar-refractivity contribution in [2.24, 2.45) is 0 Å². The van der Waals surface area contributed by atoms with Gasteiger partial charge in [-0.2, -0.15) is 0 Å². The fraction of sp³-hybridized carbons (Fsp3) is 0.949. The van der Waals surface area contributed by atoms with Gasteiger partial charge in [0.1, 0.15) is 73.2 Å². The fourth-order valence-electron chi connectivity index (χ4n) is 10.7. The van der Waals surface area contributed by atoms with Crippen molar-refractivity contribution in [1.82, 2.24) is 5.32 Å². The van der Waals surface area contributed by atoms with Gasteiger partial charge < -0.3 is 89.9 Å². The molecule has 17 atom stereocenters. The van der Waals surface area contributed by atoms with Gasteiger partial charge in [-0.15, -0.1) is 0 Å². The zero-order valence-corrected chi connectivity index (χ0v) is 47.9. The molecule has 12 N–H and O–H groups in total. The molecule has 17 unspecified atom stereocenters. The molecule has 3 rings (SSSR count). The Bertz CT molecular complexity index is 1480. The molecule has 0 saturated carbocycles. The lowest BCUT2D eigenvalue weighted by molar-refractivity contribution is -0.379. The van der Waals surface area contributed by atoms with Crippen LogP contribution >= 0.6 is 0 Å². The lowest BCUT2D eigenvalue weighted by atomic mass is 9.96. The van der Waals surface area contributed by atoms with Crippen molar-refractivity contribution in [3.8, 4) is 0 Å². The van der Waals surface area contributed by atoms with Crippen molar-refractivity contribution >= 4 is 5.91 Å². The third kappa shape index (κ3) is 26.8. The lowest BCUT2D eigenvalue weighted by Crippen LogP contribution is -2.66. The molecule has 0 radical (unpaired) electrons. The Balaban J connectivity index is 1.36. The van der Waals surface area contributed by atoms with Crippen molar-refractivity contribution in [2.75, 3.05) is 26.4 Å². The number of aliphatic hydroxyl groups is 11. The molecule has 3 aliphatic rings. The number of allylic oxidation sites excluding steroid dienone is 1. The van der Waals surface area contributed by atoms with Crippen LogP contribution in [-0.2, 0) is 33.2 Å². The highest BCUT2D eigenvalue weighted by molar-refractivity contribution is 5.76. The predicted octanol–water partition coefficient (Wildman–Crippen LogP) is 5.77. The van der Waals surface area contributed by atoms with E-state index in [2.05, 4.69) is 19.2 Å². The predicted molar refractivity (Wildman–Crippen MR) is 296 cm³/mol. The van der Waals surface area contributed by atoms with E-state index in [-0.39, 0.29) is 18.9 Å². The summed E-state index contributed by atoms with van der Waals surface area (Å²) in [7, 11) is 0. The molecule has 78 heavy (non-hydrogen) atoms. The van der Waals surface area contributed by atoms with E-state index in [4.69, 9.17) is 28.4 Å². The van der Waals surface area contributed by atoms with E-state index in [0.717, 1.165) is 51.4 Å². The molecule has 0 spiro atoms. The second-order valence-corrected chi connectivity index (χ2v) is 22.5. The lowest BCUT2D eigenvalue weighted by Gasteiger charge is -2.48. The highest BCUT2D eigenvalue weighted by Crippen LogP contribution is 2.33. The number of aliphatic hydroxyl groups excluding tert-OH is 11. The van der Waals surface area contributed by atoms with Crippen LogP contribution < -0.4 is 5.32 Å². The van der Waals surface area contributed by atoms with E-state index < -0.39 is 124 Å². The maximum atomic E-state index is 13.1. The molecule has 19 nitrogen and oxygen atoms in total. The Hall–Kier alpha value is -1.47. The van der Waals surface area contributed by atoms with Gasteiger partial charge in [0.15, 0.2) is 18.9 Å². The topological polar surface area (TPSA) is 307 Å². The zero-order chi connectivity index (χ0) is 56.9. The van der Waals surface area contributed by atoms with Gasteiger partial charge in [-0.3, -0.25) is 4.79 Å². The summed E-state index contributed by atoms with van der Waals surface area (Å²) in [5.74, 6) is -0.287. The summed E-state index contributed by atoms with van der Waals surface area (Å²) in [6, 6.07) is -0.964. The maximum absolute atomic E-state index is 13.1. The number of carbonyl (C=O) groups is 1. The Kier molecular flexibility index (Phi) is 39.2. The Morgan fingerprint density at radius 1 is 0.449 bits per heavy atom. The average Bonchev–Trinajstić information content (AvgIpc) is 3.45. The van der Waals surface area contributed by atoms with E-state index in [9.17, 15) is 61.0 Å². The zero-order valence-electron chi connectivity index (χ0n) is 47.9. The van der Waals surface area contributed by atoms with Crippen molar-refractivity contribution in [2.45, 2.75) is 330 Å². The second-order valence-electron chi connectivity index (χ2n) is 22.5. The average molecular weight is 1120 g/mol. The largest absolute Gasteiger partial charge is 0.394 e. The van der Waals surface area contributed by atoms with Crippen molar-refractivity contribution in [3.63, 3.8) is 0 Å². The van der Waals surface area contributed by atoms with E-state index in [1.165, 1.54) is 148 Å². The number of hydrogen-bond donors (Lipinski definition) is 12. The minimum atomic E-state index is -1.97. The first-order chi connectivity index (χ1) is 37.8. The highest BCUT2D eigenvalue weighted by atomic mass is 16.8. The van der Waals surface area contributed by atoms with Gasteiger partial charge in [-0.1, -0.05) is 212 Å². The monoisotopic (exact) mass is 1120 g/mol. The number of amides is 1. The van der Waals surface area contributed by atoms with Gasteiger partial charge in [0.05, 0.1) is 38.6 Å². The quantitative estimate of drug-likeness (QED) is 0.0254. The van der Waals surface area contributed by atoms with Crippen LogP contribution in [0.4, 0.5) is 0 Å². The van der Waals surface area contributed by atoms with Crippen LogP contribution in [0.3, 0.4) is 0 Å². The Labute approximate surface area is 467 Å². The molecule has 3 fully saturated rings. The first-order valence-corrected chi connectivity index (χ1v) is 30.9. The smallest absolute Gasteiger partial charge is 0.220 e. The van der Waals surface area contributed by atoms with Crippen LogP contribution in [0.2, 0.25) is 0 Å². The molecule has 3 heterocycles. The van der Waals surface area contributed by atoms with E-state index in [1.54, 1.807) is 6.08 Å². The van der Waals surface area contributed by atoms with Crippen LogP contribution in [0.1, 0.15) is 226 Å². The number of nitrogens with one attached hydrogen (secondary N) is 1. The van der Waals surface area contributed by atoms with Crippen LogP contribution in [0.5, 0.6) is 0 Å². The molecule has 0 aromatic carbocycles. The normalized spacial score (nSPS) is 30.5. The number of rotatable bonds is 46. The molecular weight excluding hydrogens is 1010 g/mol. The molecule has 0 aromatic heterocycles. The molecule has 0 bridgehead atoms. The second kappa shape index (κ2) is 43.2. The minimum Gasteiger partial charge on any atom is -0.394 e. The van der Waals surface area contributed by atoms with Gasteiger partial charge in [0.25, 0.3) is 0 Å². The molecular formula is C59H111NO18. The summed E-state index contributed by atoms with van der Waals surface area (Å²) in [6.07, 6.45) is 17.2. The van der Waals surface area contributed by atoms with E-state index in [0.29, 0.717) is 6.42 Å².